The summed E-state index contributed by atoms with van der Waals surface area (Å²) in [5, 5.41) is 9.46. The van der Waals surface area contributed by atoms with Crippen molar-refractivity contribution in [2.24, 2.45) is 0 Å². The van der Waals surface area contributed by atoms with Crippen LogP contribution < -0.4 is 4.72 Å². The Balaban J connectivity index is 2.13. The molecule has 2 rings (SSSR count). The third-order valence-electron chi connectivity index (χ3n) is 3.73. The Morgan fingerprint density at radius 2 is 2.05 bits per heavy atom. The second-order valence-corrected chi connectivity index (χ2v) is 6.88. The number of aliphatic hydroxyl groups is 1. The highest BCUT2D eigenvalue weighted by Gasteiger charge is 2.31. The number of nitrogens with zero attached hydrogens (tertiary/aromatic N) is 1. The van der Waals surface area contributed by atoms with E-state index in [1.165, 1.54) is 4.31 Å². The molecule has 0 aliphatic carbocycles. The van der Waals surface area contributed by atoms with E-state index in [4.69, 9.17) is 0 Å². The fourth-order valence-electron chi connectivity index (χ4n) is 2.57. The number of benzene rings is 1. The fraction of sp³-hybridized carbons (Fsp3) is 0.571. The first kappa shape index (κ1) is 15.4. The quantitative estimate of drug-likeness (QED) is 0.864. The second-order valence-electron chi connectivity index (χ2n) is 5.22. The number of rotatable bonds is 5. The third kappa shape index (κ3) is 3.58. The molecule has 2 N–H and O–H groups in total. The van der Waals surface area contributed by atoms with Crippen LogP contribution in [-0.4, -0.2) is 37.0 Å². The van der Waals surface area contributed by atoms with Gasteiger partial charge in [0, 0.05) is 12.6 Å². The highest BCUT2D eigenvalue weighted by Crippen LogP contribution is 2.21. The molecule has 0 amide bonds. The first-order valence-electron chi connectivity index (χ1n) is 6.99. The topological polar surface area (TPSA) is 69.6 Å². The zero-order valence-electron chi connectivity index (χ0n) is 11.7. The van der Waals surface area contributed by atoms with Crippen LogP contribution in [0.25, 0.3) is 0 Å². The van der Waals surface area contributed by atoms with Crippen LogP contribution >= 0.6 is 0 Å². The van der Waals surface area contributed by atoms with E-state index in [9.17, 15) is 13.5 Å². The molecular formula is C14H22N2O3S. The lowest BCUT2D eigenvalue weighted by Gasteiger charge is -2.33. The number of hydrogen-bond donors (Lipinski definition) is 2. The van der Waals surface area contributed by atoms with Gasteiger partial charge in [0.05, 0.1) is 12.6 Å². The van der Waals surface area contributed by atoms with E-state index in [-0.39, 0.29) is 12.6 Å². The lowest BCUT2D eigenvalue weighted by molar-refractivity contribution is 0.241. The molecule has 0 saturated carbocycles. The summed E-state index contributed by atoms with van der Waals surface area (Å²) in [5.41, 5.74) is 0.767. The van der Waals surface area contributed by atoms with Crippen LogP contribution in [0, 0.1) is 0 Å². The number of piperidine rings is 1. The first-order valence-corrected chi connectivity index (χ1v) is 8.43. The van der Waals surface area contributed by atoms with Gasteiger partial charge in [0.25, 0.3) is 10.2 Å². The number of nitrogens with one attached hydrogen (secondary N) is 1. The molecule has 1 fully saturated rings. The van der Waals surface area contributed by atoms with Gasteiger partial charge in [-0.2, -0.15) is 17.4 Å². The smallest absolute Gasteiger partial charge is 0.280 e. The van der Waals surface area contributed by atoms with Crippen molar-refractivity contribution < 1.29 is 13.5 Å². The van der Waals surface area contributed by atoms with Crippen LogP contribution in [0.5, 0.6) is 0 Å². The Morgan fingerprint density at radius 3 is 2.65 bits per heavy atom. The highest BCUT2D eigenvalue weighted by molar-refractivity contribution is 7.87. The summed E-state index contributed by atoms with van der Waals surface area (Å²) in [4.78, 5) is 0. The molecule has 6 heteroatoms. The average Bonchev–Trinajstić information content (AvgIpc) is 2.46. The van der Waals surface area contributed by atoms with Gasteiger partial charge in [-0.25, -0.2) is 0 Å². The normalized spacial score (nSPS) is 22.6. The Bertz CT molecular complexity index is 518. The van der Waals surface area contributed by atoms with Crippen LogP contribution in [0.15, 0.2) is 30.3 Å². The molecule has 1 aromatic rings. The van der Waals surface area contributed by atoms with Gasteiger partial charge in [-0.1, -0.05) is 36.8 Å². The monoisotopic (exact) mass is 298 g/mol. The third-order valence-corrected chi connectivity index (χ3v) is 5.47. The van der Waals surface area contributed by atoms with Gasteiger partial charge >= 0.3 is 0 Å². The van der Waals surface area contributed by atoms with Crippen LogP contribution in [0.3, 0.4) is 0 Å². The summed E-state index contributed by atoms with van der Waals surface area (Å²) in [7, 11) is -3.57. The van der Waals surface area contributed by atoms with Crippen molar-refractivity contribution in [1.29, 1.82) is 0 Å². The fourth-order valence-corrected chi connectivity index (χ4v) is 4.23. The maximum absolute atomic E-state index is 12.4. The molecule has 1 heterocycles. The van der Waals surface area contributed by atoms with Crippen molar-refractivity contribution in [3.63, 3.8) is 0 Å². The van der Waals surface area contributed by atoms with Crippen molar-refractivity contribution in [1.82, 2.24) is 9.03 Å². The van der Waals surface area contributed by atoms with Crippen molar-refractivity contribution >= 4 is 10.2 Å². The maximum atomic E-state index is 12.4. The minimum Gasteiger partial charge on any atom is -0.394 e. The zero-order chi connectivity index (χ0) is 14.6. The highest BCUT2D eigenvalue weighted by atomic mass is 32.2. The van der Waals surface area contributed by atoms with Gasteiger partial charge in [0.15, 0.2) is 0 Å². The van der Waals surface area contributed by atoms with Crippen molar-refractivity contribution in [2.75, 3.05) is 13.2 Å². The molecule has 1 aliphatic rings. The van der Waals surface area contributed by atoms with E-state index in [0.717, 1.165) is 24.8 Å². The van der Waals surface area contributed by atoms with E-state index in [1.54, 1.807) is 0 Å². The molecule has 2 atom stereocenters. The average molecular weight is 298 g/mol. The minimum atomic E-state index is -3.57. The molecule has 20 heavy (non-hydrogen) atoms. The zero-order valence-corrected chi connectivity index (χ0v) is 12.5. The lowest BCUT2D eigenvalue weighted by atomic mass is 10.1. The molecule has 1 aromatic carbocycles. The molecule has 0 radical (unpaired) electrons. The maximum Gasteiger partial charge on any atom is 0.280 e. The molecule has 0 aromatic heterocycles. The van der Waals surface area contributed by atoms with E-state index >= 15 is 0 Å². The number of aliphatic hydroxyl groups excluding tert-OH is 1. The van der Waals surface area contributed by atoms with Crippen LogP contribution in [0.2, 0.25) is 0 Å². The largest absolute Gasteiger partial charge is 0.394 e. The lowest BCUT2D eigenvalue weighted by Crippen LogP contribution is -2.49. The Labute approximate surface area is 120 Å². The van der Waals surface area contributed by atoms with E-state index in [2.05, 4.69) is 4.72 Å². The predicted molar refractivity (Wildman–Crippen MR) is 78.3 cm³/mol. The van der Waals surface area contributed by atoms with E-state index in [1.807, 2.05) is 37.3 Å². The second kappa shape index (κ2) is 6.67. The van der Waals surface area contributed by atoms with Crippen LogP contribution in [0.4, 0.5) is 0 Å². The van der Waals surface area contributed by atoms with Crippen LogP contribution in [0.1, 0.15) is 37.8 Å². The standard InChI is InChI=1S/C14H22N2O3S/c1-12-7-5-6-10-16(12)20(18,19)15-14(11-17)13-8-3-2-4-9-13/h2-4,8-9,12,14-15,17H,5-7,10-11H2,1H3/t12?,14-/m0/s1. The molecule has 1 saturated heterocycles. The van der Waals surface area contributed by atoms with Gasteiger partial charge in [-0.3, -0.25) is 0 Å². The summed E-state index contributed by atoms with van der Waals surface area (Å²) >= 11 is 0. The summed E-state index contributed by atoms with van der Waals surface area (Å²) in [6.07, 6.45) is 2.84. The van der Waals surface area contributed by atoms with Crippen molar-refractivity contribution in [3.05, 3.63) is 35.9 Å². The van der Waals surface area contributed by atoms with E-state index in [0.29, 0.717) is 6.54 Å². The first-order chi connectivity index (χ1) is 9.54. The van der Waals surface area contributed by atoms with Gasteiger partial charge in [-0.05, 0) is 25.3 Å². The molecular weight excluding hydrogens is 276 g/mol. The Morgan fingerprint density at radius 1 is 1.35 bits per heavy atom. The Hall–Kier alpha value is -0.950. The number of hydrogen-bond acceptors (Lipinski definition) is 3. The van der Waals surface area contributed by atoms with Crippen molar-refractivity contribution in [3.8, 4) is 0 Å². The summed E-state index contributed by atoms with van der Waals surface area (Å²) in [6.45, 7) is 2.21. The van der Waals surface area contributed by atoms with Crippen LogP contribution in [-0.2, 0) is 10.2 Å². The molecule has 1 aliphatic heterocycles. The summed E-state index contributed by atoms with van der Waals surface area (Å²) in [5.74, 6) is 0. The molecule has 112 valence electrons. The Kier molecular flexibility index (Phi) is 5.15. The SMILES string of the molecule is CC1CCCCN1S(=O)(=O)N[C@@H](CO)c1ccccc1. The molecule has 5 nitrogen and oxygen atoms in total. The van der Waals surface area contributed by atoms with Gasteiger partial charge in [-0.15, -0.1) is 0 Å². The minimum absolute atomic E-state index is 0.0105. The molecule has 1 unspecified atom stereocenters. The van der Waals surface area contributed by atoms with Crippen molar-refractivity contribution in [2.45, 2.75) is 38.3 Å². The van der Waals surface area contributed by atoms with Gasteiger partial charge < -0.3 is 5.11 Å². The predicted octanol–water partition coefficient (Wildman–Crippen LogP) is 1.43. The summed E-state index contributed by atoms with van der Waals surface area (Å²) in [6, 6.07) is 8.54. The van der Waals surface area contributed by atoms with E-state index < -0.39 is 16.3 Å². The summed E-state index contributed by atoms with van der Waals surface area (Å²) < 4.78 is 29.0. The van der Waals surface area contributed by atoms with Gasteiger partial charge in [0.2, 0.25) is 0 Å². The molecule has 0 spiro atoms. The van der Waals surface area contributed by atoms with Gasteiger partial charge in [0.1, 0.15) is 0 Å². The molecule has 0 bridgehead atoms.